The van der Waals surface area contributed by atoms with Gasteiger partial charge >= 0.3 is 5.97 Å². The molecular weight excluding hydrogens is 849 g/mol. The quantitative estimate of drug-likeness (QED) is 0.0781. The molecule has 1 aromatic rings. The molecule has 8 atom stereocenters. The molecule has 0 aromatic heterocycles. The molecule has 7 amide bonds. The molecule has 1 fully saturated rings. The lowest BCUT2D eigenvalue weighted by Crippen LogP contribution is -2.62. The molecule has 3 rings (SSSR count). The first-order valence-electron chi connectivity index (χ1n) is 23.3. The predicted molar refractivity (Wildman–Crippen MR) is 248 cm³/mol. The Hall–Kier alpha value is -5.16. The summed E-state index contributed by atoms with van der Waals surface area (Å²) in [6, 6.07) is 6.39. The first-order chi connectivity index (χ1) is 31.2. The van der Waals surface area contributed by atoms with Crippen LogP contribution in [0.5, 0.6) is 0 Å². The highest BCUT2D eigenvalue weighted by Crippen LogP contribution is 2.30. The van der Waals surface area contributed by atoms with Gasteiger partial charge in [0.25, 0.3) is 11.8 Å². The molecule has 17 heteroatoms. The number of benzene rings is 1. The van der Waals surface area contributed by atoms with E-state index in [0.29, 0.717) is 45.1 Å². The fraction of sp³-hybridized carbons (Fsp3) is 0.673. The van der Waals surface area contributed by atoms with Crippen molar-refractivity contribution in [1.82, 2.24) is 30.2 Å². The number of carbonyl (C=O) groups is 8. The summed E-state index contributed by atoms with van der Waals surface area (Å²) in [6.07, 6.45) is 4.95. The van der Waals surface area contributed by atoms with Gasteiger partial charge in [-0.05, 0) is 56.9 Å². The molecule has 2 heterocycles. The zero-order chi connectivity index (χ0) is 49.5. The van der Waals surface area contributed by atoms with Crippen molar-refractivity contribution in [2.75, 3.05) is 48.5 Å². The lowest BCUT2D eigenvalue weighted by molar-refractivity contribution is -0.150. The summed E-state index contributed by atoms with van der Waals surface area (Å²) in [6.45, 7) is 13.3. The normalized spacial score (nSPS) is 18.3. The van der Waals surface area contributed by atoms with Gasteiger partial charge < -0.3 is 39.5 Å². The third kappa shape index (κ3) is 14.2. The third-order valence-electron chi connectivity index (χ3n) is 13.5. The van der Waals surface area contributed by atoms with Crippen molar-refractivity contribution < 1.29 is 52.6 Å². The minimum atomic E-state index is -1.32. The number of carbonyl (C=O) groups excluding carboxylic acids is 8. The number of rotatable bonds is 26. The molecular formula is C49H76N6O11. The van der Waals surface area contributed by atoms with Gasteiger partial charge in [-0.3, -0.25) is 38.5 Å². The minimum absolute atomic E-state index is 0.0670. The Morgan fingerprint density at radius 1 is 0.879 bits per heavy atom. The van der Waals surface area contributed by atoms with Gasteiger partial charge in [0.15, 0.2) is 0 Å². The SMILES string of the molecule is CC[C@H](C)[C@@H]([C@@H](CC(=O)N1CCC[C@H]1[C@H](OC)[C@@H](C)C(=O)N[C@@H](Cc1ccccc1)C(=O)OC)OC)N(C)C(=O)[C@@H](NC(=O)C(C)(C)N(C)C(=O)CCCCCN1C(=O)C=CC1=O)C(C)C. The largest absolute Gasteiger partial charge is 0.467 e. The number of unbranched alkanes of at least 4 members (excludes halogenated alkanes) is 2. The lowest BCUT2D eigenvalue weighted by atomic mass is 9.89. The van der Waals surface area contributed by atoms with Gasteiger partial charge in [0.2, 0.25) is 29.5 Å². The van der Waals surface area contributed by atoms with Crippen LogP contribution in [0.15, 0.2) is 42.5 Å². The smallest absolute Gasteiger partial charge is 0.328 e. The molecule has 0 unspecified atom stereocenters. The molecule has 2 aliphatic rings. The second kappa shape index (κ2) is 25.7. The fourth-order valence-electron chi connectivity index (χ4n) is 8.85. The van der Waals surface area contributed by atoms with Crippen molar-refractivity contribution in [3.8, 4) is 0 Å². The van der Waals surface area contributed by atoms with Crippen LogP contribution in [0, 0.1) is 17.8 Å². The van der Waals surface area contributed by atoms with E-state index in [0.717, 1.165) is 5.56 Å². The topological polar surface area (TPSA) is 201 Å². The standard InChI is InChI=1S/C49H76N6O11/c1-13-32(4)43(52(8)46(61)42(31(2)3)51-48(63)49(6,7)53(9)38(56)24-18-15-19-27-55-39(57)25-26-40(55)58)37(64-10)30-41(59)54-28-20-23-36(54)44(65-11)33(5)45(60)50-35(47(62)66-12)29-34-21-16-14-17-22-34/h14,16-17,21-22,25-26,31-33,35-37,42-44H,13,15,18-20,23-24,27-30H2,1-12H3,(H,50,60)(H,51,63)/t32-,33+,35-,36-,37+,42-,43-,44+/m0/s1. The molecule has 1 saturated heterocycles. The number of hydrogen-bond acceptors (Lipinski definition) is 11. The van der Waals surface area contributed by atoms with E-state index in [9.17, 15) is 38.4 Å². The van der Waals surface area contributed by atoms with E-state index in [4.69, 9.17) is 14.2 Å². The van der Waals surface area contributed by atoms with Gasteiger partial charge in [-0.15, -0.1) is 0 Å². The van der Waals surface area contributed by atoms with Crippen molar-refractivity contribution >= 4 is 47.3 Å². The van der Waals surface area contributed by atoms with Crippen LogP contribution in [0.2, 0.25) is 0 Å². The predicted octanol–water partition coefficient (Wildman–Crippen LogP) is 3.67. The van der Waals surface area contributed by atoms with E-state index in [1.807, 2.05) is 58.0 Å². The van der Waals surface area contributed by atoms with Crippen molar-refractivity contribution in [3.05, 3.63) is 48.0 Å². The van der Waals surface area contributed by atoms with Crippen LogP contribution >= 0.6 is 0 Å². The van der Waals surface area contributed by atoms with Gasteiger partial charge in [0, 0.05) is 66.4 Å². The highest BCUT2D eigenvalue weighted by molar-refractivity contribution is 6.12. The molecule has 0 saturated carbocycles. The average molecular weight is 925 g/mol. The number of esters is 1. The summed E-state index contributed by atoms with van der Waals surface area (Å²) >= 11 is 0. The number of imide groups is 1. The maximum atomic E-state index is 14.5. The second-order valence-corrected chi connectivity index (χ2v) is 18.5. The summed E-state index contributed by atoms with van der Waals surface area (Å²) in [5, 5.41) is 5.78. The summed E-state index contributed by atoms with van der Waals surface area (Å²) in [7, 11) is 7.49. The number of amides is 7. The van der Waals surface area contributed by atoms with Crippen molar-refractivity contribution in [1.29, 1.82) is 0 Å². The number of ether oxygens (including phenoxy) is 3. The molecule has 66 heavy (non-hydrogen) atoms. The average Bonchev–Trinajstić information content (AvgIpc) is 3.91. The summed E-state index contributed by atoms with van der Waals surface area (Å²) in [4.78, 5) is 112. The maximum Gasteiger partial charge on any atom is 0.328 e. The van der Waals surface area contributed by atoms with Crippen LogP contribution in [-0.2, 0) is 59.0 Å². The molecule has 0 aliphatic carbocycles. The molecule has 0 spiro atoms. The van der Waals surface area contributed by atoms with Crippen molar-refractivity contribution in [2.45, 2.75) is 148 Å². The Morgan fingerprint density at radius 2 is 1.52 bits per heavy atom. The van der Waals surface area contributed by atoms with Crippen LogP contribution < -0.4 is 10.6 Å². The van der Waals surface area contributed by atoms with E-state index < -0.39 is 65.6 Å². The highest BCUT2D eigenvalue weighted by atomic mass is 16.5. The van der Waals surface area contributed by atoms with Crippen LogP contribution in [0.1, 0.15) is 105 Å². The van der Waals surface area contributed by atoms with Crippen LogP contribution in [0.4, 0.5) is 0 Å². The number of methoxy groups -OCH3 is 3. The number of nitrogens with zero attached hydrogens (tertiary/aromatic N) is 4. The molecule has 17 nitrogen and oxygen atoms in total. The Balaban J connectivity index is 1.70. The van der Waals surface area contributed by atoms with E-state index >= 15 is 0 Å². The Labute approximate surface area is 391 Å². The van der Waals surface area contributed by atoms with E-state index in [1.165, 1.54) is 43.3 Å². The minimum Gasteiger partial charge on any atom is -0.467 e. The van der Waals surface area contributed by atoms with Gasteiger partial charge in [-0.1, -0.05) is 77.8 Å². The van der Waals surface area contributed by atoms with E-state index in [2.05, 4.69) is 10.6 Å². The Kier molecular flexibility index (Phi) is 21.5. The molecule has 368 valence electrons. The summed E-state index contributed by atoms with van der Waals surface area (Å²) in [5.41, 5.74) is -0.471. The fourth-order valence-corrected chi connectivity index (χ4v) is 8.85. The molecule has 0 radical (unpaired) electrons. The number of likely N-dealkylation sites (tertiary alicyclic amines) is 1. The molecule has 0 bridgehead atoms. The lowest BCUT2D eigenvalue weighted by Gasteiger charge is -2.41. The van der Waals surface area contributed by atoms with Crippen LogP contribution in [-0.4, -0.2) is 157 Å². The monoisotopic (exact) mass is 925 g/mol. The van der Waals surface area contributed by atoms with Gasteiger partial charge in [-0.2, -0.15) is 0 Å². The summed E-state index contributed by atoms with van der Waals surface area (Å²) in [5.74, 6) is -4.26. The number of nitrogens with one attached hydrogen (secondary N) is 2. The Bertz CT molecular complexity index is 1850. The zero-order valence-corrected chi connectivity index (χ0v) is 41.3. The molecule has 2 N–H and O–H groups in total. The number of hydrogen-bond donors (Lipinski definition) is 2. The maximum absolute atomic E-state index is 14.5. The van der Waals surface area contributed by atoms with Crippen LogP contribution in [0.3, 0.4) is 0 Å². The van der Waals surface area contributed by atoms with E-state index in [1.54, 1.807) is 44.7 Å². The van der Waals surface area contributed by atoms with Crippen LogP contribution in [0.25, 0.3) is 0 Å². The van der Waals surface area contributed by atoms with Gasteiger partial charge in [0.1, 0.15) is 17.6 Å². The number of likely N-dealkylation sites (N-methyl/N-ethyl adjacent to an activating group) is 2. The first kappa shape index (κ1) is 55.2. The van der Waals surface area contributed by atoms with Gasteiger partial charge in [0.05, 0.1) is 43.7 Å². The Morgan fingerprint density at radius 3 is 2.08 bits per heavy atom. The highest BCUT2D eigenvalue weighted by Gasteiger charge is 2.44. The molecule has 1 aromatic carbocycles. The first-order valence-corrected chi connectivity index (χ1v) is 23.3. The zero-order valence-electron chi connectivity index (χ0n) is 41.3. The molecule has 2 aliphatic heterocycles. The van der Waals surface area contributed by atoms with Gasteiger partial charge in [-0.25, -0.2) is 4.79 Å². The van der Waals surface area contributed by atoms with Crippen molar-refractivity contribution in [2.24, 2.45) is 17.8 Å². The summed E-state index contributed by atoms with van der Waals surface area (Å²) < 4.78 is 17.0. The third-order valence-corrected chi connectivity index (χ3v) is 13.5. The van der Waals surface area contributed by atoms with Crippen molar-refractivity contribution in [3.63, 3.8) is 0 Å². The second-order valence-electron chi connectivity index (χ2n) is 18.5. The van der Waals surface area contributed by atoms with E-state index in [-0.39, 0.29) is 67.2 Å².